The number of carbonyl (C=O) groups is 1. The van der Waals surface area contributed by atoms with Crippen LogP contribution in [0.1, 0.15) is 19.4 Å². The highest BCUT2D eigenvalue weighted by Gasteiger charge is 2.30. The molecule has 1 aromatic carbocycles. The van der Waals surface area contributed by atoms with Crippen molar-refractivity contribution in [2.45, 2.75) is 20.0 Å². The van der Waals surface area contributed by atoms with Crippen LogP contribution in [0.4, 0.5) is 23.7 Å². The summed E-state index contributed by atoms with van der Waals surface area (Å²) >= 11 is 0. The van der Waals surface area contributed by atoms with Gasteiger partial charge in [-0.1, -0.05) is 13.8 Å². The summed E-state index contributed by atoms with van der Waals surface area (Å²) in [6.07, 6.45) is -5.24. The van der Waals surface area contributed by atoms with Crippen LogP contribution in [-0.2, 0) is 10.9 Å². The number of hydrogen-bond acceptors (Lipinski definition) is 2. The first-order valence-electron chi connectivity index (χ1n) is 5.31. The monoisotopic (exact) mass is 260 g/mol. The molecule has 0 heterocycles. The van der Waals surface area contributed by atoms with E-state index in [2.05, 4.69) is 11.4 Å². The van der Waals surface area contributed by atoms with Crippen LogP contribution in [0.2, 0.25) is 0 Å². The molecule has 1 rings (SSSR count). The first-order chi connectivity index (χ1) is 8.29. The highest BCUT2D eigenvalue weighted by molar-refractivity contribution is 5.84. The molecule has 0 bridgehead atoms. The number of benzene rings is 1. The molecule has 1 aromatic rings. The Kier molecular flexibility index (Phi) is 4.58. The van der Waals surface area contributed by atoms with Crippen molar-refractivity contribution in [1.29, 1.82) is 0 Å². The molecule has 6 heteroatoms. The first-order valence-corrected chi connectivity index (χ1v) is 5.31. The van der Waals surface area contributed by atoms with Gasteiger partial charge >= 0.3 is 12.3 Å². The van der Waals surface area contributed by atoms with Crippen molar-refractivity contribution >= 4 is 11.8 Å². The summed E-state index contributed by atoms with van der Waals surface area (Å²) in [7, 11) is 0. The number of halogens is 3. The highest BCUT2D eigenvalue weighted by atomic mass is 19.4. The normalized spacial score (nSPS) is 11.4. The molecule has 0 unspecified atom stereocenters. The lowest BCUT2D eigenvalue weighted by atomic mass is 10.2. The predicted molar refractivity (Wildman–Crippen MR) is 60.1 cm³/mol. The van der Waals surface area contributed by atoms with E-state index in [0.29, 0.717) is 0 Å². The minimum Gasteiger partial charge on any atom is -0.449 e. The number of rotatable bonds is 3. The fourth-order valence-corrected chi connectivity index (χ4v) is 1.10. The van der Waals surface area contributed by atoms with Crippen LogP contribution in [0.5, 0.6) is 0 Å². The van der Waals surface area contributed by atoms with E-state index in [4.69, 9.17) is 4.74 Å². The lowest BCUT2D eigenvalue weighted by molar-refractivity contribution is -0.137. The van der Waals surface area contributed by atoms with Crippen LogP contribution in [0.15, 0.2) is 18.2 Å². The third-order valence-corrected chi connectivity index (χ3v) is 1.91. The van der Waals surface area contributed by atoms with E-state index >= 15 is 0 Å². The molecule has 0 aliphatic heterocycles. The molecule has 18 heavy (non-hydrogen) atoms. The molecule has 1 radical (unpaired) electrons. The van der Waals surface area contributed by atoms with Crippen molar-refractivity contribution in [1.82, 2.24) is 0 Å². The summed E-state index contributed by atoms with van der Waals surface area (Å²) < 4.78 is 42.0. The van der Waals surface area contributed by atoms with Gasteiger partial charge < -0.3 is 4.74 Å². The Hall–Kier alpha value is -1.72. The molecule has 0 saturated carbocycles. The van der Waals surface area contributed by atoms with Gasteiger partial charge in [-0.15, -0.1) is 0 Å². The number of ether oxygens (including phenoxy) is 1. The topological polar surface area (TPSA) is 38.3 Å². The average molecular weight is 260 g/mol. The standard InChI is InChI=1S/C12H13F3NO2/c1-8(2)7-18-11(17)16-10-5-3-4-9(6-10)12(13,14)15/h4-6,8H,7H2,1-2H3,(H,16,17). The Morgan fingerprint density at radius 3 is 2.67 bits per heavy atom. The lowest BCUT2D eigenvalue weighted by Gasteiger charge is -2.10. The smallest absolute Gasteiger partial charge is 0.416 e. The van der Waals surface area contributed by atoms with E-state index in [1.165, 1.54) is 6.07 Å². The molecule has 0 aliphatic rings. The van der Waals surface area contributed by atoms with E-state index in [9.17, 15) is 18.0 Å². The molecule has 3 nitrogen and oxygen atoms in total. The van der Waals surface area contributed by atoms with Crippen LogP contribution in [0, 0.1) is 12.0 Å². The predicted octanol–water partition coefficient (Wildman–Crippen LogP) is 3.71. The van der Waals surface area contributed by atoms with Gasteiger partial charge in [-0.3, -0.25) is 5.32 Å². The van der Waals surface area contributed by atoms with Crippen LogP contribution < -0.4 is 5.32 Å². The van der Waals surface area contributed by atoms with E-state index < -0.39 is 17.8 Å². The maximum atomic E-state index is 12.4. The van der Waals surface area contributed by atoms with Crippen molar-refractivity contribution in [2.75, 3.05) is 11.9 Å². The molecule has 0 fully saturated rings. The fourth-order valence-electron chi connectivity index (χ4n) is 1.10. The van der Waals surface area contributed by atoms with Crippen molar-refractivity contribution in [3.05, 3.63) is 29.8 Å². The zero-order valence-electron chi connectivity index (χ0n) is 9.97. The van der Waals surface area contributed by atoms with Gasteiger partial charge in [0, 0.05) is 5.69 Å². The Morgan fingerprint density at radius 2 is 2.11 bits per heavy atom. The minimum atomic E-state index is -4.46. The zero-order chi connectivity index (χ0) is 13.8. The number of carbonyl (C=O) groups excluding carboxylic acids is 1. The van der Waals surface area contributed by atoms with Crippen LogP contribution in [-0.4, -0.2) is 12.7 Å². The minimum absolute atomic E-state index is 0.00131. The van der Waals surface area contributed by atoms with Gasteiger partial charge in [-0.25, -0.2) is 4.79 Å². The van der Waals surface area contributed by atoms with E-state index in [1.54, 1.807) is 0 Å². The number of amides is 1. The molecule has 0 aromatic heterocycles. The molecule has 1 amide bonds. The van der Waals surface area contributed by atoms with Crippen molar-refractivity contribution in [3.8, 4) is 0 Å². The van der Waals surface area contributed by atoms with E-state index in [1.807, 2.05) is 13.8 Å². The molecule has 0 saturated heterocycles. The number of anilines is 1. The molecular formula is C12H13F3NO2. The van der Waals surface area contributed by atoms with Crippen LogP contribution >= 0.6 is 0 Å². The Balaban J connectivity index is 2.65. The Morgan fingerprint density at radius 1 is 1.44 bits per heavy atom. The van der Waals surface area contributed by atoms with Crippen molar-refractivity contribution in [3.63, 3.8) is 0 Å². The number of alkyl halides is 3. The van der Waals surface area contributed by atoms with Crippen molar-refractivity contribution in [2.24, 2.45) is 5.92 Å². The summed E-state index contributed by atoms with van der Waals surface area (Å²) in [5, 5.41) is 2.22. The average Bonchev–Trinajstić information content (AvgIpc) is 2.25. The molecule has 1 N–H and O–H groups in total. The van der Waals surface area contributed by atoms with Gasteiger partial charge in [-0.2, -0.15) is 13.2 Å². The Labute approximate surface area is 103 Å². The lowest BCUT2D eigenvalue weighted by Crippen LogP contribution is -2.17. The second-order valence-corrected chi connectivity index (χ2v) is 4.13. The summed E-state index contributed by atoms with van der Waals surface area (Å²) in [5.74, 6) is 0.156. The van der Waals surface area contributed by atoms with Gasteiger partial charge in [0.25, 0.3) is 0 Å². The summed E-state index contributed by atoms with van der Waals surface area (Å²) in [4.78, 5) is 11.2. The second-order valence-electron chi connectivity index (χ2n) is 4.13. The van der Waals surface area contributed by atoms with Gasteiger partial charge in [0.05, 0.1) is 12.2 Å². The molecule has 0 atom stereocenters. The van der Waals surface area contributed by atoms with Gasteiger partial charge in [0.2, 0.25) is 0 Å². The highest BCUT2D eigenvalue weighted by Crippen LogP contribution is 2.30. The van der Waals surface area contributed by atoms with Gasteiger partial charge in [0.15, 0.2) is 0 Å². The summed E-state index contributed by atoms with van der Waals surface area (Å²) in [6, 6.07) is 5.19. The zero-order valence-corrected chi connectivity index (χ0v) is 9.97. The van der Waals surface area contributed by atoms with Crippen LogP contribution in [0.3, 0.4) is 0 Å². The van der Waals surface area contributed by atoms with Crippen LogP contribution in [0.25, 0.3) is 0 Å². The maximum Gasteiger partial charge on any atom is 0.416 e. The maximum absolute atomic E-state index is 12.4. The third-order valence-electron chi connectivity index (χ3n) is 1.91. The van der Waals surface area contributed by atoms with Gasteiger partial charge in [-0.05, 0) is 30.2 Å². The summed E-state index contributed by atoms with van der Waals surface area (Å²) in [5.41, 5.74) is -0.872. The first kappa shape index (κ1) is 14.3. The Bertz CT molecular complexity index is 416. The fraction of sp³-hybridized carbons (Fsp3) is 0.417. The summed E-state index contributed by atoms with van der Waals surface area (Å²) in [6.45, 7) is 3.91. The molecule has 99 valence electrons. The second kappa shape index (κ2) is 5.75. The molecule has 0 aliphatic carbocycles. The SMILES string of the molecule is CC(C)COC(=O)Nc1c[c]cc(C(F)(F)F)c1. The largest absolute Gasteiger partial charge is 0.449 e. The van der Waals surface area contributed by atoms with E-state index in [-0.39, 0.29) is 18.2 Å². The quantitative estimate of drug-likeness (QED) is 0.899. The molecule has 0 spiro atoms. The number of hydrogen-bond donors (Lipinski definition) is 1. The number of nitrogens with one attached hydrogen (secondary N) is 1. The van der Waals surface area contributed by atoms with E-state index in [0.717, 1.165) is 12.1 Å². The van der Waals surface area contributed by atoms with Crippen molar-refractivity contribution < 1.29 is 22.7 Å². The molecular weight excluding hydrogens is 247 g/mol. The third kappa shape index (κ3) is 4.65. The van der Waals surface area contributed by atoms with Gasteiger partial charge in [0.1, 0.15) is 0 Å².